The first-order chi connectivity index (χ1) is 11.0. The van der Waals surface area contributed by atoms with E-state index in [0.717, 1.165) is 32.2 Å². The zero-order valence-electron chi connectivity index (χ0n) is 13.8. The SMILES string of the molecule is Cc1ccc(OCCn2c(C)nc3sc(C)c(C)c3c2=O)cc1. The van der Waals surface area contributed by atoms with Crippen LogP contribution in [-0.4, -0.2) is 16.2 Å². The molecule has 3 aromatic rings. The smallest absolute Gasteiger partial charge is 0.262 e. The number of aromatic nitrogens is 2. The number of thiophene rings is 1. The predicted molar refractivity (Wildman–Crippen MR) is 94.8 cm³/mol. The normalized spacial score (nSPS) is 11.1. The highest BCUT2D eigenvalue weighted by Gasteiger charge is 2.14. The van der Waals surface area contributed by atoms with E-state index in [2.05, 4.69) is 4.98 Å². The number of aryl methyl sites for hydroxylation is 4. The molecule has 1 aromatic carbocycles. The maximum Gasteiger partial charge on any atom is 0.262 e. The van der Waals surface area contributed by atoms with E-state index in [9.17, 15) is 4.79 Å². The molecule has 0 aliphatic heterocycles. The molecule has 0 spiro atoms. The van der Waals surface area contributed by atoms with Gasteiger partial charge in [-0.1, -0.05) is 17.7 Å². The Morgan fingerprint density at radius 3 is 2.52 bits per heavy atom. The largest absolute Gasteiger partial charge is 0.492 e. The average Bonchev–Trinajstić information content (AvgIpc) is 2.79. The van der Waals surface area contributed by atoms with E-state index in [1.807, 2.05) is 52.0 Å². The van der Waals surface area contributed by atoms with E-state index < -0.39 is 0 Å². The van der Waals surface area contributed by atoms with Crippen LogP contribution in [0.15, 0.2) is 29.1 Å². The minimum Gasteiger partial charge on any atom is -0.492 e. The van der Waals surface area contributed by atoms with Crippen LogP contribution in [0, 0.1) is 27.7 Å². The molecular formula is C18H20N2O2S. The molecule has 0 amide bonds. The highest BCUT2D eigenvalue weighted by Crippen LogP contribution is 2.26. The number of fused-ring (bicyclic) bond motifs is 1. The average molecular weight is 328 g/mol. The van der Waals surface area contributed by atoms with Gasteiger partial charge in [-0.2, -0.15) is 0 Å². The standard InChI is InChI=1S/C18H20N2O2S/c1-11-5-7-15(8-6-11)22-10-9-20-14(4)19-17-16(18(20)21)12(2)13(3)23-17/h5-8H,9-10H2,1-4H3. The van der Waals surface area contributed by atoms with Crippen LogP contribution in [-0.2, 0) is 6.54 Å². The molecule has 120 valence electrons. The molecule has 0 fully saturated rings. The van der Waals surface area contributed by atoms with Crippen LogP contribution in [0.25, 0.3) is 10.2 Å². The van der Waals surface area contributed by atoms with Crippen molar-refractivity contribution in [2.75, 3.05) is 6.61 Å². The van der Waals surface area contributed by atoms with E-state index >= 15 is 0 Å². The lowest BCUT2D eigenvalue weighted by molar-refractivity contribution is 0.294. The summed E-state index contributed by atoms with van der Waals surface area (Å²) >= 11 is 1.58. The summed E-state index contributed by atoms with van der Waals surface area (Å²) < 4.78 is 7.44. The van der Waals surface area contributed by atoms with Crippen molar-refractivity contribution in [3.8, 4) is 5.75 Å². The summed E-state index contributed by atoms with van der Waals surface area (Å²) in [6.45, 7) is 8.87. The molecule has 0 saturated carbocycles. The van der Waals surface area contributed by atoms with Crippen LogP contribution in [0.4, 0.5) is 0 Å². The van der Waals surface area contributed by atoms with E-state index in [0.29, 0.717) is 13.2 Å². The van der Waals surface area contributed by atoms with Gasteiger partial charge in [-0.3, -0.25) is 9.36 Å². The first kappa shape index (κ1) is 15.7. The van der Waals surface area contributed by atoms with Gasteiger partial charge in [0.1, 0.15) is 23.0 Å². The first-order valence-electron chi connectivity index (χ1n) is 7.64. The minimum absolute atomic E-state index is 0.0295. The summed E-state index contributed by atoms with van der Waals surface area (Å²) in [6, 6.07) is 7.91. The number of nitrogens with zero attached hydrogens (tertiary/aromatic N) is 2. The van der Waals surface area contributed by atoms with Crippen molar-refractivity contribution in [1.29, 1.82) is 0 Å². The third-order valence-electron chi connectivity index (χ3n) is 4.08. The Balaban J connectivity index is 1.84. The lowest BCUT2D eigenvalue weighted by Crippen LogP contribution is -2.26. The van der Waals surface area contributed by atoms with Crippen LogP contribution in [0.3, 0.4) is 0 Å². The van der Waals surface area contributed by atoms with Crippen molar-refractivity contribution in [3.05, 3.63) is 56.4 Å². The Hall–Kier alpha value is -2.14. The third kappa shape index (κ3) is 3.01. The van der Waals surface area contributed by atoms with Crippen LogP contribution in [0.5, 0.6) is 5.75 Å². The molecule has 0 atom stereocenters. The summed E-state index contributed by atoms with van der Waals surface area (Å²) in [5.74, 6) is 1.55. The summed E-state index contributed by atoms with van der Waals surface area (Å²) in [7, 11) is 0. The molecule has 3 rings (SSSR count). The fraction of sp³-hybridized carbons (Fsp3) is 0.333. The van der Waals surface area contributed by atoms with Crippen molar-refractivity contribution in [2.45, 2.75) is 34.2 Å². The van der Waals surface area contributed by atoms with Gasteiger partial charge >= 0.3 is 0 Å². The number of hydrogen-bond acceptors (Lipinski definition) is 4. The zero-order valence-corrected chi connectivity index (χ0v) is 14.7. The van der Waals surface area contributed by atoms with Crippen molar-refractivity contribution in [2.24, 2.45) is 0 Å². The van der Waals surface area contributed by atoms with E-state index in [-0.39, 0.29) is 5.56 Å². The molecule has 4 nitrogen and oxygen atoms in total. The molecule has 0 unspecified atom stereocenters. The maximum atomic E-state index is 12.7. The monoisotopic (exact) mass is 328 g/mol. The minimum atomic E-state index is 0.0295. The zero-order chi connectivity index (χ0) is 16.6. The lowest BCUT2D eigenvalue weighted by Gasteiger charge is -2.11. The van der Waals surface area contributed by atoms with E-state index in [4.69, 9.17) is 4.74 Å². The molecule has 0 saturated heterocycles. The highest BCUT2D eigenvalue weighted by molar-refractivity contribution is 7.18. The Morgan fingerprint density at radius 2 is 1.83 bits per heavy atom. The van der Waals surface area contributed by atoms with Crippen molar-refractivity contribution >= 4 is 21.6 Å². The second-order valence-electron chi connectivity index (χ2n) is 5.74. The Bertz CT molecular complexity index is 907. The predicted octanol–water partition coefficient (Wildman–Crippen LogP) is 3.77. The van der Waals surface area contributed by atoms with Gasteiger partial charge < -0.3 is 4.74 Å². The molecule has 2 heterocycles. The van der Waals surface area contributed by atoms with Crippen LogP contribution >= 0.6 is 11.3 Å². The maximum absolute atomic E-state index is 12.7. The number of rotatable bonds is 4. The molecule has 0 aliphatic carbocycles. The van der Waals surface area contributed by atoms with Gasteiger partial charge in [0.25, 0.3) is 5.56 Å². The van der Waals surface area contributed by atoms with Crippen LogP contribution in [0.1, 0.15) is 21.8 Å². The highest BCUT2D eigenvalue weighted by atomic mass is 32.1. The number of benzene rings is 1. The summed E-state index contributed by atoms with van der Waals surface area (Å²) in [5, 5.41) is 0.744. The molecule has 0 bridgehead atoms. The van der Waals surface area contributed by atoms with Gasteiger partial charge in [-0.15, -0.1) is 11.3 Å². The third-order valence-corrected chi connectivity index (χ3v) is 5.19. The summed E-state index contributed by atoms with van der Waals surface area (Å²) in [5.41, 5.74) is 2.26. The first-order valence-corrected chi connectivity index (χ1v) is 8.45. The van der Waals surface area contributed by atoms with Crippen molar-refractivity contribution < 1.29 is 4.74 Å². The molecule has 2 aromatic heterocycles. The molecule has 23 heavy (non-hydrogen) atoms. The molecule has 0 radical (unpaired) electrons. The second kappa shape index (κ2) is 6.16. The van der Waals surface area contributed by atoms with E-state index in [1.54, 1.807) is 15.9 Å². The molecule has 0 N–H and O–H groups in total. The Kier molecular flexibility index (Phi) is 4.22. The Morgan fingerprint density at radius 1 is 1.13 bits per heavy atom. The number of ether oxygens (including phenoxy) is 1. The van der Waals surface area contributed by atoms with E-state index in [1.165, 1.54) is 5.56 Å². The lowest BCUT2D eigenvalue weighted by atomic mass is 10.2. The fourth-order valence-electron chi connectivity index (χ4n) is 2.58. The van der Waals surface area contributed by atoms with Gasteiger partial charge in [0, 0.05) is 4.88 Å². The molecule has 5 heteroatoms. The van der Waals surface area contributed by atoms with Crippen molar-refractivity contribution in [1.82, 2.24) is 9.55 Å². The molecule has 0 aliphatic rings. The van der Waals surface area contributed by atoms with Crippen LogP contribution < -0.4 is 10.3 Å². The van der Waals surface area contributed by atoms with Crippen LogP contribution in [0.2, 0.25) is 0 Å². The van der Waals surface area contributed by atoms with Gasteiger partial charge in [0.05, 0.1) is 11.9 Å². The van der Waals surface area contributed by atoms with Gasteiger partial charge in [0.15, 0.2) is 0 Å². The van der Waals surface area contributed by atoms with Crippen molar-refractivity contribution in [3.63, 3.8) is 0 Å². The van der Waals surface area contributed by atoms with Gasteiger partial charge in [0.2, 0.25) is 0 Å². The number of hydrogen-bond donors (Lipinski definition) is 0. The van der Waals surface area contributed by atoms with Gasteiger partial charge in [-0.25, -0.2) is 4.98 Å². The van der Waals surface area contributed by atoms with Gasteiger partial charge in [-0.05, 0) is 45.4 Å². The summed E-state index contributed by atoms with van der Waals surface area (Å²) in [4.78, 5) is 19.3. The summed E-state index contributed by atoms with van der Waals surface area (Å²) in [6.07, 6.45) is 0. The topological polar surface area (TPSA) is 44.1 Å². The second-order valence-corrected chi connectivity index (χ2v) is 6.94. The molecular weight excluding hydrogens is 308 g/mol. The Labute approximate surface area is 139 Å². The fourth-order valence-corrected chi connectivity index (χ4v) is 3.65. The quantitative estimate of drug-likeness (QED) is 0.732.